The van der Waals surface area contributed by atoms with E-state index in [1.165, 1.54) is 18.5 Å². The molecule has 2 rings (SSSR count). The van der Waals surface area contributed by atoms with Crippen LogP contribution >= 0.6 is 0 Å². The third-order valence-electron chi connectivity index (χ3n) is 3.10. The van der Waals surface area contributed by atoms with Crippen molar-refractivity contribution in [2.45, 2.75) is 6.18 Å². The number of aromatic hydroxyl groups is 1. The number of nitrogens with two attached hydrogens (primary N) is 3. The zero-order valence-electron chi connectivity index (χ0n) is 11.5. The molecular weight excluding hydrogens is 316 g/mol. The molecule has 0 amide bonds. The molecule has 2 aromatic rings. The average Bonchev–Trinajstić information content (AvgIpc) is 2.47. The van der Waals surface area contributed by atoms with E-state index in [0.29, 0.717) is 6.07 Å². The fraction of sp³-hybridized carbons (Fsp3) is 0.0714. The predicted octanol–water partition coefficient (Wildman–Crippen LogP) is 0.0434. The number of benzene rings is 1. The number of nitrogens with zero attached hydrogens (tertiary/aromatic N) is 1. The molecule has 0 aliphatic heterocycles. The van der Waals surface area contributed by atoms with Gasteiger partial charge < -0.3 is 22.3 Å². The van der Waals surface area contributed by atoms with Crippen LogP contribution in [0.25, 0.3) is 11.5 Å². The first-order valence-corrected chi connectivity index (χ1v) is 6.18. The molecule has 0 aliphatic carbocycles. The van der Waals surface area contributed by atoms with Gasteiger partial charge in [-0.3, -0.25) is 4.98 Å². The van der Waals surface area contributed by atoms with Crippen LogP contribution in [0.5, 0.6) is 5.75 Å². The summed E-state index contributed by atoms with van der Waals surface area (Å²) in [5.74, 6) is -2.52. The molecule has 1 aromatic carbocycles. The summed E-state index contributed by atoms with van der Waals surface area (Å²) < 4.78 is 51.6. The maximum absolute atomic E-state index is 13.7. The Hall–Kier alpha value is -2.97. The van der Waals surface area contributed by atoms with Gasteiger partial charge in [0.15, 0.2) is 0 Å². The zero-order valence-corrected chi connectivity index (χ0v) is 11.5. The highest BCUT2D eigenvalue weighted by molar-refractivity contribution is 5.68. The highest BCUT2D eigenvalue weighted by Crippen LogP contribution is 2.35. The van der Waals surface area contributed by atoms with Gasteiger partial charge in [-0.2, -0.15) is 13.2 Å². The molecule has 7 N–H and O–H groups in total. The molecule has 0 saturated carbocycles. The number of hydrogen-bond acceptors (Lipinski definition) is 5. The summed E-state index contributed by atoms with van der Waals surface area (Å²) in [5, 5.41) is 10.2. The van der Waals surface area contributed by atoms with Crippen LogP contribution < -0.4 is 27.6 Å². The Balaban J connectivity index is 2.82. The molecule has 122 valence electrons. The van der Waals surface area contributed by atoms with E-state index >= 15 is 0 Å². The van der Waals surface area contributed by atoms with Gasteiger partial charge in [0.1, 0.15) is 17.4 Å². The molecule has 0 radical (unpaired) electrons. The summed E-state index contributed by atoms with van der Waals surface area (Å²) >= 11 is 0. The molecule has 0 bridgehead atoms. The first kappa shape index (κ1) is 16.4. The van der Waals surface area contributed by atoms with E-state index in [-0.39, 0.29) is 33.6 Å². The van der Waals surface area contributed by atoms with Crippen molar-refractivity contribution in [2.24, 2.45) is 17.2 Å². The van der Waals surface area contributed by atoms with Crippen LogP contribution in [0.4, 0.5) is 17.6 Å². The molecule has 23 heavy (non-hydrogen) atoms. The van der Waals surface area contributed by atoms with E-state index in [1.807, 2.05) is 0 Å². The largest absolute Gasteiger partial charge is 0.507 e. The Labute approximate surface area is 127 Å². The van der Waals surface area contributed by atoms with Crippen molar-refractivity contribution >= 4 is 11.5 Å². The monoisotopic (exact) mass is 328 g/mol. The second-order valence-corrected chi connectivity index (χ2v) is 4.64. The summed E-state index contributed by atoms with van der Waals surface area (Å²) in [5.41, 5.74) is 14.7. The SMILES string of the molecule is NC(N)=c1cncc/c1=C(/N)c1cc(F)c(C(F)(F)F)cc1O. The lowest BCUT2D eigenvalue weighted by molar-refractivity contribution is -0.140. The lowest BCUT2D eigenvalue weighted by Gasteiger charge is -2.12. The van der Waals surface area contributed by atoms with E-state index in [4.69, 9.17) is 17.2 Å². The summed E-state index contributed by atoms with van der Waals surface area (Å²) in [6, 6.07) is 2.16. The summed E-state index contributed by atoms with van der Waals surface area (Å²) in [4.78, 5) is 3.79. The second-order valence-electron chi connectivity index (χ2n) is 4.64. The topological polar surface area (TPSA) is 111 Å². The number of hydrogen-bond donors (Lipinski definition) is 4. The maximum Gasteiger partial charge on any atom is 0.419 e. The van der Waals surface area contributed by atoms with E-state index in [9.17, 15) is 22.7 Å². The fourth-order valence-corrected chi connectivity index (χ4v) is 2.00. The molecule has 0 atom stereocenters. The Morgan fingerprint density at radius 3 is 2.30 bits per heavy atom. The smallest absolute Gasteiger partial charge is 0.419 e. The minimum absolute atomic E-state index is 0.136. The number of halogens is 4. The molecule has 0 aliphatic rings. The van der Waals surface area contributed by atoms with E-state index < -0.39 is 23.3 Å². The van der Waals surface area contributed by atoms with Gasteiger partial charge in [0, 0.05) is 28.4 Å². The average molecular weight is 328 g/mol. The van der Waals surface area contributed by atoms with Crippen LogP contribution in [0.1, 0.15) is 11.1 Å². The van der Waals surface area contributed by atoms with Crippen molar-refractivity contribution in [3.05, 3.63) is 58.0 Å². The van der Waals surface area contributed by atoms with Crippen molar-refractivity contribution < 1.29 is 22.7 Å². The van der Waals surface area contributed by atoms with Crippen LogP contribution in [-0.2, 0) is 6.18 Å². The third-order valence-corrected chi connectivity index (χ3v) is 3.10. The van der Waals surface area contributed by atoms with Gasteiger partial charge in [-0.1, -0.05) is 0 Å². The Morgan fingerprint density at radius 2 is 1.74 bits per heavy atom. The molecule has 1 aromatic heterocycles. The normalized spacial score (nSPS) is 12.9. The highest BCUT2D eigenvalue weighted by atomic mass is 19.4. The van der Waals surface area contributed by atoms with Gasteiger partial charge in [-0.05, 0) is 18.2 Å². The zero-order chi connectivity index (χ0) is 17.4. The van der Waals surface area contributed by atoms with Crippen molar-refractivity contribution in [2.75, 3.05) is 0 Å². The van der Waals surface area contributed by atoms with Gasteiger partial charge in [0.25, 0.3) is 0 Å². The van der Waals surface area contributed by atoms with Gasteiger partial charge in [-0.25, -0.2) is 4.39 Å². The quantitative estimate of drug-likeness (QED) is 0.553. The van der Waals surface area contributed by atoms with Crippen molar-refractivity contribution in [3.8, 4) is 5.75 Å². The van der Waals surface area contributed by atoms with Gasteiger partial charge in [-0.15, -0.1) is 0 Å². The number of rotatable bonds is 1. The molecule has 0 fully saturated rings. The van der Waals surface area contributed by atoms with Crippen LogP contribution in [-0.4, -0.2) is 10.1 Å². The maximum atomic E-state index is 13.7. The second kappa shape index (κ2) is 5.67. The summed E-state index contributed by atoms with van der Waals surface area (Å²) in [7, 11) is 0. The molecular formula is C14H12F4N4O. The minimum Gasteiger partial charge on any atom is -0.507 e. The van der Waals surface area contributed by atoms with Crippen LogP contribution in [0.2, 0.25) is 0 Å². The summed E-state index contributed by atoms with van der Waals surface area (Å²) in [6.07, 6.45) is -2.31. The third kappa shape index (κ3) is 3.12. The molecule has 1 heterocycles. The first-order chi connectivity index (χ1) is 10.6. The molecule has 9 heteroatoms. The van der Waals surface area contributed by atoms with Crippen LogP contribution in [0.15, 0.2) is 30.6 Å². The number of aromatic nitrogens is 1. The lowest BCUT2D eigenvalue weighted by atomic mass is 10.0. The van der Waals surface area contributed by atoms with Gasteiger partial charge in [0.05, 0.1) is 11.3 Å². The van der Waals surface area contributed by atoms with E-state index in [1.54, 1.807) is 0 Å². The molecule has 0 saturated heterocycles. The van der Waals surface area contributed by atoms with Crippen LogP contribution in [0, 0.1) is 5.82 Å². The predicted molar refractivity (Wildman–Crippen MR) is 75.0 cm³/mol. The Kier molecular flexibility index (Phi) is 4.04. The van der Waals surface area contributed by atoms with Crippen molar-refractivity contribution in [3.63, 3.8) is 0 Å². The first-order valence-electron chi connectivity index (χ1n) is 6.18. The Bertz CT molecular complexity index is 873. The number of pyridine rings is 1. The number of phenolic OH excluding ortho intramolecular Hbond substituents is 1. The van der Waals surface area contributed by atoms with Crippen molar-refractivity contribution in [1.82, 2.24) is 4.98 Å². The lowest BCUT2D eigenvalue weighted by Crippen LogP contribution is -2.36. The van der Waals surface area contributed by atoms with Gasteiger partial charge >= 0.3 is 6.18 Å². The molecule has 0 spiro atoms. The van der Waals surface area contributed by atoms with E-state index in [0.717, 1.165) is 0 Å². The molecule has 5 nitrogen and oxygen atoms in total. The molecule has 0 unspecified atom stereocenters. The highest BCUT2D eigenvalue weighted by Gasteiger charge is 2.35. The number of alkyl halides is 3. The van der Waals surface area contributed by atoms with Crippen LogP contribution in [0.3, 0.4) is 0 Å². The van der Waals surface area contributed by atoms with Crippen molar-refractivity contribution in [1.29, 1.82) is 0 Å². The van der Waals surface area contributed by atoms with Gasteiger partial charge in [0.2, 0.25) is 0 Å². The fourth-order valence-electron chi connectivity index (χ4n) is 2.00. The Morgan fingerprint density at radius 1 is 1.09 bits per heavy atom. The minimum atomic E-state index is -4.94. The van der Waals surface area contributed by atoms with E-state index in [2.05, 4.69) is 4.98 Å². The standard InChI is InChI=1S/C14H12F4N4O/c15-10-3-7(11(23)4-9(10)14(16,17)18)12(19)6-1-2-22-5-8(6)13(20)21/h1-5,23H,19-21H2/b12-6-. The number of phenols is 1. The summed E-state index contributed by atoms with van der Waals surface area (Å²) in [6.45, 7) is 0.